The molecule has 1 aliphatic carbocycles. The van der Waals surface area contributed by atoms with Crippen molar-refractivity contribution >= 4 is 11.7 Å². The summed E-state index contributed by atoms with van der Waals surface area (Å²) in [6, 6.07) is 5.71. The van der Waals surface area contributed by atoms with Crippen LogP contribution >= 0.6 is 0 Å². The van der Waals surface area contributed by atoms with E-state index in [1.807, 2.05) is 18.2 Å². The van der Waals surface area contributed by atoms with Gasteiger partial charge in [0.25, 0.3) is 0 Å². The molecule has 1 amide bonds. The monoisotopic (exact) mass is 301 g/mol. The highest BCUT2D eigenvalue weighted by molar-refractivity contribution is 5.96. The minimum absolute atomic E-state index is 0.0377. The van der Waals surface area contributed by atoms with Crippen LogP contribution in [0.5, 0.6) is 11.5 Å². The van der Waals surface area contributed by atoms with E-state index in [0.29, 0.717) is 30.8 Å². The number of hydrogen-bond acceptors (Lipinski definition) is 4. The molecule has 0 radical (unpaired) electrons. The minimum Gasteiger partial charge on any atom is -0.493 e. The molecule has 0 bridgehead atoms. The molecule has 116 valence electrons. The second-order valence-corrected chi connectivity index (χ2v) is 5.78. The molecule has 1 unspecified atom stereocenters. The summed E-state index contributed by atoms with van der Waals surface area (Å²) in [7, 11) is 4.91. The second kappa shape index (κ2) is 5.16. The van der Waals surface area contributed by atoms with E-state index in [4.69, 9.17) is 9.47 Å². The Kier molecular flexibility index (Phi) is 3.43. The quantitative estimate of drug-likeness (QED) is 0.857. The van der Waals surface area contributed by atoms with Crippen LogP contribution in [0.1, 0.15) is 24.8 Å². The molecule has 1 fully saturated rings. The van der Waals surface area contributed by atoms with Gasteiger partial charge in [0.05, 0.1) is 14.2 Å². The number of ether oxygens (including phenoxy) is 2. The van der Waals surface area contributed by atoms with Gasteiger partial charge in [-0.15, -0.1) is 0 Å². The van der Waals surface area contributed by atoms with Gasteiger partial charge in [-0.25, -0.2) is 0 Å². The molecule has 5 heteroatoms. The van der Waals surface area contributed by atoms with Gasteiger partial charge in [0, 0.05) is 37.1 Å². The van der Waals surface area contributed by atoms with Gasteiger partial charge in [-0.05, 0) is 24.1 Å². The lowest BCUT2D eigenvalue weighted by atomic mass is 9.70. The van der Waals surface area contributed by atoms with Gasteiger partial charge in [-0.2, -0.15) is 0 Å². The van der Waals surface area contributed by atoms with Crippen LogP contribution in [-0.4, -0.2) is 37.9 Å². The molecule has 1 aromatic rings. The highest BCUT2D eigenvalue weighted by Crippen LogP contribution is 2.50. The van der Waals surface area contributed by atoms with Gasteiger partial charge in [-0.1, -0.05) is 6.07 Å². The highest BCUT2D eigenvalue weighted by atomic mass is 16.5. The van der Waals surface area contributed by atoms with Gasteiger partial charge in [0.15, 0.2) is 17.3 Å². The lowest BCUT2D eigenvalue weighted by Gasteiger charge is -2.34. The van der Waals surface area contributed by atoms with Gasteiger partial charge in [0.2, 0.25) is 5.91 Å². The van der Waals surface area contributed by atoms with E-state index in [-0.39, 0.29) is 11.7 Å². The summed E-state index contributed by atoms with van der Waals surface area (Å²) < 4.78 is 10.7. The van der Waals surface area contributed by atoms with Crippen molar-refractivity contribution in [2.24, 2.45) is 0 Å². The number of carbonyl (C=O) groups is 2. The standard InChI is InChI=1S/C17H19NO4/c1-18-15-9-12(19)6-7-17(15,10-16(18)20)11-4-5-13(21-2)14(8-11)22-3/h4-5,8-9H,6-7,10H2,1-3H3. The number of likely N-dealkylation sites (N-methyl/N-ethyl adjacent to an activating group) is 1. The van der Waals surface area contributed by atoms with E-state index in [1.165, 1.54) is 0 Å². The zero-order valence-corrected chi connectivity index (χ0v) is 13.0. The number of rotatable bonds is 3. The number of hydrogen-bond donors (Lipinski definition) is 0. The van der Waals surface area contributed by atoms with Crippen molar-refractivity contribution in [3.63, 3.8) is 0 Å². The average Bonchev–Trinajstić information content (AvgIpc) is 2.79. The number of methoxy groups -OCH3 is 2. The van der Waals surface area contributed by atoms with Crippen LogP contribution in [0.4, 0.5) is 0 Å². The summed E-state index contributed by atoms with van der Waals surface area (Å²) in [6.07, 6.45) is 3.10. The van der Waals surface area contributed by atoms with Crippen molar-refractivity contribution in [2.45, 2.75) is 24.7 Å². The minimum atomic E-state index is -0.431. The summed E-state index contributed by atoms with van der Waals surface area (Å²) in [5.74, 6) is 1.40. The molecule has 0 aromatic heterocycles. The average molecular weight is 301 g/mol. The van der Waals surface area contributed by atoms with E-state index >= 15 is 0 Å². The predicted octanol–water partition coefficient (Wildman–Crippen LogP) is 2.05. The fourth-order valence-electron chi connectivity index (χ4n) is 3.46. The lowest BCUT2D eigenvalue weighted by Crippen LogP contribution is -2.32. The number of nitrogens with zero attached hydrogens (tertiary/aromatic N) is 1. The fraction of sp³-hybridized carbons (Fsp3) is 0.412. The first-order chi connectivity index (χ1) is 10.5. The molecule has 1 aliphatic heterocycles. The maximum absolute atomic E-state index is 12.2. The van der Waals surface area contributed by atoms with Crippen LogP contribution in [0.3, 0.4) is 0 Å². The van der Waals surface area contributed by atoms with Crippen LogP contribution in [-0.2, 0) is 15.0 Å². The number of fused-ring (bicyclic) bond motifs is 1. The van der Waals surface area contributed by atoms with Crippen molar-refractivity contribution in [3.05, 3.63) is 35.5 Å². The first-order valence-electron chi connectivity index (χ1n) is 7.26. The first kappa shape index (κ1) is 14.6. The fourth-order valence-corrected chi connectivity index (χ4v) is 3.46. The third-order valence-electron chi connectivity index (χ3n) is 4.71. The van der Waals surface area contributed by atoms with Crippen LogP contribution in [0, 0.1) is 0 Å². The summed E-state index contributed by atoms with van der Waals surface area (Å²) in [6.45, 7) is 0. The van der Waals surface area contributed by atoms with Crippen LogP contribution in [0.2, 0.25) is 0 Å². The predicted molar refractivity (Wildman–Crippen MR) is 80.9 cm³/mol. The van der Waals surface area contributed by atoms with Crippen LogP contribution in [0.15, 0.2) is 30.0 Å². The molecular weight excluding hydrogens is 282 g/mol. The summed E-state index contributed by atoms with van der Waals surface area (Å²) in [5, 5.41) is 0. The smallest absolute Gasteiger partial charge is 0.227 e. The van der Waals surface area contributed by atoms with E-state index in [2.05, 4.69) is 0 Å². The van der Waals surface area contributed by atoms with Crippen LogP contribution < -0.4 is 9.47 Å². The van der Waals surface area contributed by atoms with E-state index in [9.17, 15) is 9.59 Å². The Morgan fingerprint density at radius 2 is 1.86 bits per heavy atom. The van der Waals surface area contributed by atoms with Crippen molar-refractivity contribution in [2.75, 3.05) is 21.3 Å². The number of likely N-dealkylation sites (tertiary alicyclic amines) is 1. The SMILES string of the molecule is COc1ccc(C23CCC(=O)C=C2N(C)C(=O)C3)cc1OC. The second-order valence-electron chi connectivity index (χ2n) is 5.78. The topological polar surface area (TPSA) is 55.8 Å². The Labute approximate surface area is 129 Å². The number of allylic oxidation sites excluding steroid dienone is 2. The Morgan fingerprint density at radius 1 is 1.14 bits per heavy atom. The number of ketones is 1. The molecule has 22 heavy (non-hydrogen) atoms. The van der Waals surface area contributed by atoms with Crippen molar-refractivity contribution in [1.82, 2.24) is 4.90 Å². The summed E-state index contributed by atoms with van der Waals surface area (Å²) in [4.78, 5) is 25.6. The Morgan fingerprint density at radius 3 is 2.55 bits per heavy atom. The molecule has 0 spiro atoms. The molecule has 1 aromatic carbocycles. The third kappa shape index (κ3) is 2.00. The Bertz CT molecular complexity index is 679. The molecule has 5 nitrogen and oxygen atoms in total. The number of carbonyl (C=O) groups excluding carboxylic acids is 2. The lowest BCUT2D eigenvalue weighted by molar-refractivity contribution is -0.125. The van der Waals surface area contributed by atoms with E-state index in [1.54, 1.807) is 32.2 Å². The van der Waals surface area contributed by atoms with Gasteiger partial charge < -0.3 is 14.4 Å². The number of amides is 1. The highest BCUT2D eigenvalue weighted by Gasteiger charge is 2.49. The van der Waals surface area contributed by atoms with Gasteiger partial charge >= 0.3 is 0 Å². The van der Waals surface area contributed by atoms with Crippen molar-refractivity contribution in [3.8, 4) is 11.5 Å². The Hall–Kier alpha value is -2.30. The van der Waals surface area contributed by atoms with Gasteiger partial charge in [0.1, 0.15) is 0 Å². The number of benzene rings is 1. The molecule has 1 saturated heterocycles. The van der Waals surface area contributed by atoms with Crippen molar-refractivity contribution in [1.29, 1.82) is 0 Å². The first-order valence-corrected chi connectivity index (χ1v) is 7.26. The molecule has 0 saturated carbocycles. The molecule has 2 aliphatic rings. The van der Waals surface area contributed by atoms with Gasteiger partial charge in [-0.3, -0.25) is 9.59 Å². The maximum atomic E-state index is 12.2. The maximum Gasteiger partial charge on any atom is 0.227 e. The molecular formula is C17H19NO4. The largest absolute Gasteiger partial charge is 0.493 e. The summed E-state index contributed by atoms with van der Waals surface area (Å²) >= 11 is 0. The van der Waals surface area contributed by atoms with E-state index in [0.717, 1.165) is 11.3 Å². The molecule has 1 atom stereocenters. The molecule has 1 heterocycles. The van der Waals surface area contributed by atoms with E-state index < -0.39 is 5.41 Å². The third-order valence-corrected chi connectivity index (χ3v) is 4.71. The molecule has 3 rings (SSSR count). The zero-order valence-electron chi connectivity index (χ0n) is 13.0. The zero-order chi connectivity index (χ0) is 15.9. The summed E-state index contributed by atoms with van der Waals surface area (Å²) in [5.41, 5.74) is 1.35. The normalized spacial score (nSPS) is 24.1. The Balaban J connectivity index is 2.15. The van der Waals surface area contributed by atoms with Crippen molar-refractivity contribution < 1.29 is 19.1 Å². The molecule has 0 N–H and O–H groups in total. The van der Waals surface area contributed by atoms with Crippen LogP contribution in [0.25, 0.3) is 0 Å².